The van der Waals surface area contributed by atoms with Crippen molar-refractivity contribution in [1.82, 2.24) is 0 Å². The van der Waals surface area contributed by atoms with Crippen LogP contribution in [0.25, 0.3) is 0 Å². The zero-order chi connectivity index (χ0) is 18.0. The summed E-state index contributed by atoms with van der Waals surface area (Å²) in [6.07, 6.45) is 8.57. The summed E-state index contributed by atoms with van der Waals surface area (Å²) in [6, 6.07) is 0. The second-order valence-electron chi connectivity index (χ2n) is 8.95. The van der Waals surface area contributed by atoms with Gasteiger partial charge in [0.15, 0.2) is 5.78 Å². The SMILES string of the molecule is CC12CC(=O)C3C(CCC4=CC(=O)CCC43C)C1CCC2=CC(=O)O. The fraction of sp³-hybridized carbons (Fsp3) is 0.667. The third-order valence-electron chi connectivity index (χ3n) is 7.80. The van der Waals surface area contributed by atoms with Crippen molar-refractivity contribution in [2.45, 2.75) is 58.8 Å². The normalized spacial score (nSPS) is 44.8. The Morgan fingerprint density at radius 1 is 1.16 bits per heavy atom. The first-order valence-electron chi connectivity index (χ1n) is 9.46. The van der Waals surface area contributed by atoms with E-state index in [1.807, 2.05) is 6.08 Å². The standard InChI is InChI=1S/C21H26O4/c1-20-8-7-14(22)9-12(20)3-5-15-16-6-4-13(10-18(24)25)21(16,2)11-17(23)19(15)20/h9-10,15-16,19H,3-8,11H2,1-2H3,(H,24,25). The Kier molecular flexibility index (Phi) is 3.61. The van der Waals surface area contributed by atoms with E-state index in [0.717, 1.165) is 37.7 Å². The topological polar surface area (TPSA) is 71.4 Å². The molecule has 0 saturated heterocycles. The van der Waals surface area contributed by atoms with Gasteiger partial charge in [-0.15, -0.1) is 0 Å². The summed E-state index contributed by atoms with van der Waals surface area (Å²) in [5.41, 5.74) is 1.66. The number of carboxylic acid groups (broad SMARTS) is 1. The summed E-state index contributed by atoms with van der Waals surface area (Å²) in [5, 5.41) is 9.20. The molecule has 0 aromatic rings. The van der Waals surface area contributed by atoms with Crippen molar-refractivity contribution >= 4 is 17.5 Å². The second-order valence-corrected chi connectivity index (χ2v) is 8.95. The molecule has 4 nitrogen and oxygen atoms in total. The van der Waals surface area contributed by atoms with Crippen molar-refractivity contribution in [3.05, 3.63) is 23.3 Å². The Hall–Kier alpha value is -1.71. The van der Waals surface area contributed by atoms with Gasteiger partial charge in [0.05, 0.1) is 0 Å². The van der Waals surface area contributed by atoms with Gasteiger partial charge in [-0.25, -0.2) is 4.79 Å². The molecule has 4 heteroatoms. The molecule has 4 aliphatic rings. The van der Waals surface area contributed by atoms with Gasteiger partial charge in [0.2, 0.25) is 0 Å². The Bertz CT molecular complexity index is 730. The minimum Gasteiger partial charge on any atom is -0.478 e. The summed E-state index contributed by atoms with van der Waals surface area (Å²) in [4.78, 5) is 36.3. The molecule has 0 bridgehead atoms. The molecule has 5 unspecified atom stereocenters. The van der Waals surface area contributed by atoms with E-state index in [9.17, 15) is 19.5 Å². The molecule has 0 aliphatic heterocycles. The number of ketones is 2. The number of aliphatic carboxylic acids is 1. The molecule has 0 aromatic carbocycles. The highest BCUT2D eigenvalue weighted by molar-refractivity contribution is 5.93. The van der Waals surface area contributed by atoms with E-state index in [1.165, 1.54) is 11.6 Å². The third-order valence-corrected chi connectivity index (χ3v) is 7.80. The lowest BCUT2D eigenvalue weighted by Crippen LogP contribution is -2.54. The number of Topliss-reactive ketones (excluding diaryl/α,β-unsaturated/α-hetero) is 1. The van der Waals surface area contributed by atoms with Crippen molar-refractivity contribution in [3.63, 3.8) is 0 Å². The van der Waals surface area contributed by atoms with Crippen LogP contribution in [0.2, 0.25) is 0 Å². The van der Waals surface area contributed by atoms with E-state index in [1.54, 1.807) is 0 Å². The fourth-order valence-corrected chi connectivity index (χ4v) is 6.62. The van der Waals surface area contributed by atoms with Crippen molar-refractivity contribution in [3.8, 4) is 0 Å². The third kappa shape index (κ3) is 2.29. The smallest absolute Gasteiger partial charge is 0.328 e. The Balaban J connectivity index is 1.74. The summed E-state index contributed by atoms with van der Waals surface area (Å²) < 4.78 is 0. The van der Waals surface area contributed by atoms with Crippen LogP contribution in [0.4, 0.5) is 0 Å². The number of fused-ring (bicyclic) bond motifs is 5. The van der Waals surface area contributed by atoms with Gasteiger partial charge in [-0.3, -0.25) is 9.59 Å². The van der Waals surface area contributed by atoms with Crippen LogP contribution in [0, 0.1) is 28.6 Å². The van der Waals surface area contributed by atoms with E-state index in [2.05, 4.69) is 13.8 Å². The van der Waals surface area contributed by atoms with Crippen molar-refractivity contribution in [2.24, 2.45) is 28.6 Å². The van der Waals surface area contributed by atoms with Crippen LogP contribution in [0.15, 0.2) is 23.3 Å². The molecular formula is C21H26O4. The molecule has 4 aliphatic carbocycles. The number of hydrogen-bond donors (Lipinski definition) is 1. The Morgan fingerprint density at radius 2 is 1.92 bits per heavy atom. The van der Waals surface area contributed by atoms with Gasteiger partial charge < -0.3 is 5.11 Å². The van der Waals surface area contributed by atoms with Crippen LogP contribution in [0.5, 0.6) is 0 Å². The molecule has 134 valence electrons. The molecule has 0 aromatic heterocycles. The molecule has 5 atom stereocenters. The van der Waals surface area contributed by atoms with Crippen LogP contribution in [-0.4, -0.2) is 22.6 Å². The van der Waals surface area contributed by atoms with E-state index in [0.29, 0.717) is 24.7 Å². The van der Waals surface area contributed by atoms with Gasteiger partial charge in [-0.2, -0.15) is 0 Å². The second kappa shape index (κ2) is 5.39. The average Bonchev–Trinajstić information content (AvgIpc) is 2.83. The molecule has 4 rings (SSSR count). The number of rotatable bonds is 1. The summed E-state index contributed by atoms with van der Waals surface area (Å²) in [5.74, 6) is 0.287. The fourth-order valence-electron chi connectivity index (χ4n) is 6.62. The predicted octanol–water partition coefficient (Wildman–Crippen LogP) is 3.71. The first kappa shape index (κ1) is 16.7. The van der Waals surface area contributed by atoms with E-state index in [-0.39, 0.29) is 28.3 Å². The highest BCUT2D eigenvalue weighted by Crippen LogP contribution is 2.65. The molecule has 0 radical (unpaired) electrons. The highest BCUT2D eigenvalue weighted by Gasteiger charge is 2.60. The molecule has 0 spiro atoms. The van der Waals surface area contributed by atoms with Gasteiger partial charge in [-0.05, 0) is 60.8 Å². The van der Waals surface area contributed by atoms with Crippen molar-refractivity contribution in [2.75, 3.05) is 0 Å². The van der Waals surface area contributed by atoms with Gasteiger partial charge in [0.1, 0.15) is 5.78 Å². The maximum Gasteiger partial charge on any atom is 0.328 e. The molecular weight excluding hydrogens is 316 g/mol. The van der Waals surface area contributed by atoms with E-state index in [4.69, 9.17) is 0 Å². The van der Waals surface area contributed by atoms with Crippen molar-refractivity contribution < 1.29 is 19.5 Å². The minimum atomic E-state index is -0.905. The highest BCUT2D eigenvalue weighted by atomic mass is 16.4. The largest absolute Gasteiger partial charge is 0.478 e. The molecule has 25 heavy (non-hydrogen) atoms. The van der Waals surface area contributed by atoms with Gasteiger partial charge in [-0.1, -0.05) is 25.0 Å². The van der Waals surface area contributed by atoms with Gasteiger partial charge >= 0.3 is 5.97 Å². The number of hydrogen-bond acceptors (Lipinski definition) is 3. The van der Waals surface area contributed by atoms with Gasteiger partial charge in [0.25, 0.3) is 0 Å². The Morgan fingerprint density at radius 3 is 2.64 bits per heavy atom. The zero-order valence-corrected chi connectivity index (χ0v) is 15.0. The quantitative estimate of drug-likeness (QED) is 0.738. The number of allylic oxidation sites excluding steroid dienone is 2. The monoisotopic (exact) mass is 342 g/mol. The molecule has 3 saturated carbocycles. The predicted molar refractivity (Wildman–Crippen MR) is 92.8 cm³/mol. The summed E-state index contributed by atoms with van der Waals surface area (Å²) in [6.45, 7) is 4.29. The van der Waals surface area contributed by atoms with Crippen LogP contribution in [0.1, 0.15) is 58.8 Å². The van der Waals surface area contributed by atoms with E-state index >= 15 is 0 Å². The number of carbonyl (C=O) groups excluding carboxylic acids is 2. The number of carboxylic acids is 1. The summed E-state index contributed by atoms with van der Waals surface area (Å²) >= 11 is 0. The van der Waals surface area contributed by atoms with Crippen LogP contribution in [0.3, 0.4) is 0 Å². The Labute approximate surface area is 148 Å². The van der Waals surface area contributed by atoms with Crippen LogP contribution < -0.4 is 0 Å². The molecule has 1 N–H and O–H groups in total. The maximum atomic E-state index is 13.3. The first-order chi connectivity index (χ1) is 11.8. The van der Waals surface area contributed by atoms with Crippen LogP contribution >= 0.6 is 0 Å². The number of carbonyl (C=O) groups is 3. The first-order valence-corrected chi connectivity index (χ1v) is 9.46. The zero-order valence-electron chi connectivity index (χ0n) is 15.0. The van der Waals surface area contributed by atoms with E-state index < -0.39 is 5.97 Å². The lowest BCUT2D eigenvalue weighted by Gasteiger charge is -2.56. The summed E-state index contributed by atoms with van der Waals surface area (Å²) in [7, 11) is 0. The molecule has 0 amide bonds. The maximum absolute atomic E-state index is 13.3. The lowest BCUT2D eigenvalue weighted by molar-refractivity contribution is -0.143. The molecule has 3 fully saturated rings. The molecule has 0 heterocycles. The van der Waals surface area contributed by atoms with Gasteiger partial charge in [0, 0.05) is 24.8 Å². The van der Waals surface area contributed by atoms with Crippen LogP contribution in [-0.2, 0) is 14.4 Å². The lowest BCUT2D eigenvalue weighted by atomic mass is 9.47. The minimum absolute atomic E-state index is 0.00264. The van der Waals surface area contributed by atoms with Crippen molar-refractivity contribution in [1.29, 1.82) is 0 Å². The average molecular weight is 342 g/mol.